The number of rotatable bonds is 8. The van der Waals surface area contributed by atoms with E-state index >= 15 is 0 Å². The summed E-state index contributed by atoms with van der Waals surface area (Å²) in [7, 11) is 0. The Hall–Kier alpha value is -1.89. The molecule has 0 unspecified atom stereocenters. The van der Waals surface area contributed by atoms with E-state index in [2.05, 4.69) is 19.1 Å². The predicted molar refractivity (Wildman–Crippen MR) is 88.7 cm³/mol. The molecule has 0 spiro atoms. The first-order valence-electron chi connectivity index (χ1n) is 7.97. The van der Waals surface area contributed by atoms with Gasteiger partial charge in [0.25, 0.3) is 0 Å². The molecule has 0 heterocycles. The Morgan fingerprint density at radius 1 is 0.857 bits per heavy atom. The number of benzene rings is 2. The lowest BCUT2D eigenvalue weighted by molar-refractivity contribution is 0.0953. The monoisotopic (exact) mass is 280 g/mol. The van der Waals surface area contributed by atoms with Crippen molar-refractivity contribution in [2.45, 2.75) is 44.9 Å². The second kappa shape index (κ2) is 8.41. The van der Waals surface area contributed by atoms with Crippen molar-refractivity contribution in [3.05, 3.63) is 71.8 Å². The van der Waals surface area contributed by atoms with E-state index in [1.165, 1.54) is 19.3 Å². The van der Waals surface area contributed by atoms with Crippen molar-refractivity contribution in [1.82, 2.24) is 0 Å². The Bertz CT molecular complexity index is 530. The van der Waals surface area contributed by atoms with Crippen LogP contribution in [-0.2, 0) is 0 Å². The van der Waals surface area contributed by atoms with Gasteiger partial charge in [0.05, 0.1) is 0 Å². The molecular formula is C20H24O. The first kappa shape index (κ1) is 15.5. The molecule has 2 rings (SSSR count). The average molecular weight is 280 g/mol. The van der Waals surface area contributed by atoms with Gasteiger partial charge in [0.2, 0.25) is 0 Å². The van der Waals surface area contributed by atoms with Crippen LogP contribution in [0.5, 0.6) is 0 Å². The number of carbonyl (C=O) groups is 1. The highest BCUT2D eigenvalue weighted by atomic mass is 16.1. The summed E-state index contributed by atoms with van der Waals surface area (Å²) in [6.07, 6.45) is 5.75. The summed E-state index contributed by atoms with van der Waals surface area (Å²) in [6.45, 7) is 2.21. The first-order valence-corrected chi connectivity index (χ1v) is 7.97. The largest absolute Gasteiger partial charge is 0.293 e. The van der Waals surface area contributed by atoms with Crippen molar-refractivity contribution < 1.29 is 4.79 Å². The maximum atomic E-state index is 12.8. The average Bonchev–Trinajstić information content (AvgIpc) is 2.56. The zero-order valence-corrected chi connectivity index (χ0v) is 12.8. The zero-order chi connectivity index (χ0) is 14.9. The van der Waals surface area contributed by atoms with Gasteiger partial charge in [0, 0.05) is 11.5 Å². The topological polar surface area (TPSA) is 17.1 Å². The van der Waals surface area contributed by atoms with Crippen molar-refractivity contribution in [2.24, 2.45) is 0 Å². The fourth-order valence-electron chi connectivity index (χ4n) is 2.71. The molecule has 0 N–H and O–H groups in total. The molecule has 0 amide bonds. The standard InChI is InChI=1S/C20H24O/c1-2-3-4-11-16-19(17-12-7-5-8-13-17)20(21)18-14-9-6-10-15-18/h5-10,12-15,19H,2-4,11,16H2,1H3/t19-/m1/s1. The van der Waals surface area contributed by atoms with Gasteiger partial charge in [-0.15, -0.1) is 0 Å². The Morgan fingerprint density at radius 3 is 2.10 bits per heavy atom. The van der Waals surface area contributed by atoms with E-state index in [0.717, 1.165) is 24.0 Å². The second-order valence-electron chi connectivity index (χ2n) is 5.54. The first-order chi connectivity index (χ1) is 10.3. The second-order valence-corrected chi connectivity index (χ2v) is 5.54. The van der Waals surface area contributed by atoms with Crippen LogP contribution < -0.4 is 0 Å². The van der Waals surface area contributed by atoms with Crippen molar-refractivity contribution in [3.63, 3.8) is 0 Å². The fourth-order valence-corrected chi connectivity index (χ4v) is 2.71. The van der Waals surface area contributed by atoms with Gasteiger partial charge in [-0.1, -0.05) is 93.3 Å². The van der Waals surface area contributed by atoms with Gasteiger partial charge in [-0.05, 0) is 12.0 Å². The maximum Gasteiger partial charge on any atom is 0.170 e. The number of unbranched alkanes of at least 4 members (excludes halogenated alkanes) is 3. The molecule has 0 aromatic heterocycles. The highest BCUT2D eigenvalue weighted by molar-refractivity contribution is 6.00. The third-order valence-electron chi connectivity index (χ3n) is 3.92. The van der Waals surface area contributed by atoms with Crippen molar-refractivity contribution >= 4 is 5.78 Å². The molecule has 110 valence electrons. The smallest absolute Gasteiger partial charge is 0.170 e. The summed E-state index contributed by atoms with van der Waals surface area (Å²) in [4.78, 5) is 12.8. The Kier molecular flexibility index (Phi) is 6.21. The molecule has 0 radical (unpaired) electrons. The minimum absolute atomic E-state index is 0.00884. The summed E-state index contributed by atoms with van der Waals surface area (Å²) >= 11 is 0. The fraction of sp³-hybridized carbons (Fsp3) is 0.350. The van der Waals surface area contributed by atoms with E-state index in [9.17, 15) is 4.79 Å². The van der Waals surface area contributed by atoms with Crippen LogP contribution in [0.3, 0.4) is 0 Å². The van der Waals surface area contributed by atoms with E-state index in [0.29, 0.717) is 0 Å². The molecule has 1 heteroatoms. The van der Waals surface area contributed by atoms with Gasteiger partial charge in [0.1, 0.15) is 0 Å². The summed E-state index contributed by atoms with van der Waals surface area (Å²) in [5, 5.41) is 0. The van der Waals surface area contributed by atoms with Gasteiger partial charge in [-0.2, -0.15) is 0 Å². The molecule has 1 atom stereocenters. The Balaban J connectivity index is 2.14. The van der Waals surface area contributed by atoms with Crippen molar-refractivity contribution in [3.8, 4) is 0 Å². The molecule has 0 aliphatic heterocycles. The minimum atomic E-state index is -0.00884. The molecule has 2 aromatic carbocycles. The van der Waals surface area contributed by atoms with E-state index in [1.54, 1.807) is 0 Å². The van der Waals surface area contributed by atoms with Crippen molar-refractivity contribution in [1.29, 1.82) is 0 Å². The summed E-state index contributed by atoms with van der Waals surface area (Å²) < 4.78 is 0. The maximum absolute atomic E-state index is 12.8. The highest BCUT2D eigenvalue weighted by Gasteiger charge is 2.21. The Labute approximate surface area is 128 Å². The molecule has 21 heavy (non-hydrogen) atoms. The normalized spacial score (nSPS) is 12.0. The van der Waals surface area contributed by atoms with Crippen LogP contribution in [0.4, 0.5) is 0 Å². The lowest BCUT2D eigenvalue weighted by Crippen LogP contribution is -2.13. The van der Waals surface area contributed by atoms with Gasteiger partial charge >= 0.3 is 0 Å². The minimum Gasteiger partial charge on any atom is -0.293 e. The summed E-state index contributed by atoms with van der Waals surface area (Å²) in [5.41, 5.74) is 1.96. The molecule has 2 aromatic rings. The van der Waals surface area contributed by atoms with Crippen LogP contribution in [0.2, 0.25) is 0 Å². The Morgan fingerprint density at radius 2 is 1.48 bits per heavy atom. The molecule has 0 saturated heterocycles. The molecule has 0 bridgehead atoms. The third-order valence-corrected chi connectivity index (χ3v) is 3.92. The van der Waals surface area contributed by atoms with E-state index in [1.807, 2.05) is 48.5 Å². The third kappa shape index (κ3) is 4.56. The van der Waals surface area contributed by atoms with Gasteiger partial charge in [-0.25, -0.2) is 0 Å². The lowest BCUT2D eigenvalue weighted by Gasteiger charge is -2.16. The molecule has 1 nitrogen and oxygen atoms in total. The SMILES string of the molecule is CCCCCC[C@@H](C(=O)c1ccccc1)c1ccccc1. The highest BCUT2D eigenvalue weighted by Crippen LogP contribution is 2.26. The predicted octanol–water partition coefficient (Wildman–Crippen LogP) is 5.62. The summed E-state index contributed by atoms with van der Waals surface area (Å²) in [6, 6.07) is 19.9. The molecule has 0 saturated carbocycles. The number of carbonyl (C=O) groups excluding carboxylic acids is 1. The van der Waals surface area contributed by atoms with E-state index in [4.69, 9.17) is 0 Å². The molecule has 0 aliphatic rings. The number of Topliss-reactive ketones (excluding diaryl/α,β-unsaturated/α-hetero) is 1. The number of hydrogen-bond acceptors (Lipinski definition) is 1. The molecular weight excluding hydrogens is 256 g/mol. The van der Waals surface area contributed by atoms with Gasteiger partial charge in [-0.3, -0.25) is 4.79 Å². The lowest BCUT2D eigenvalue weighted by atomic mass is 9.86. The van der Waals surface area contributed by atoms with Gasteiger partial charge < -0.3 is 0 Å². The molecule has 0 fully saturated rings. The van der Waals surface area contributed by atoms with E-state index in [-0.39, 0.29) is 11.7 Å². The van der Waals surface area contributed by atoms with E-state index < -0.39 is 0 Å². The number of hydrogen-bond donors (Lipinski definition) is 0. The van der Waals surface area contributed by atoms with Crippen LogP contribution in [0.1, 0.15) is 60.9 Å². The van der Waals surface area contributed by atoms with Crippen LogP contribution >= 0.6 is 0 Å². The van der Waals surface area contributed by atoms with Gasteiger partial charge in [0.15, 0.2) is 5.78 Å². The van der Waals surface area contributed by atoms with Crippen LogP contribution in [0, 0.1) is 0 Å². The quantitative estimate of drug-likeness (QED) is 0.453. The van der Waals surface area contributed by atoms with Crippen molar-refractivity contribution in [2.75, 3.05) is 0 Å². The van der Waals surface area contributed by atoms with Crippen LogP contribution in [-0.4, -0.2) is 5.78 Å². The molecule has 0 aliphatic carbocycles. The zero-order valence-electron chi connectivity index (χ0n) is 12.8. The summed E-state index contributed by atoms with van der Waals surface area (Å²) in [5.74, 6) is 0.240. The van der Waals surface area contributed by atoms with Crippen LogP contribution in [0.15, 0.2) is 60.7 Å². The number of ketones is 1. The van der Waals surface area contributed by atoms with Crippen LogP contribution in [0.25, 0.3) is 0 Å².